The second-order valence-electron chi connectivity index (χ2n) is 4.21. The highest BCUT2D eigenvalue weighted by Crippen LogP contribution is 2.34. The Hall–Kier alpha value is -2.03. The Balaban J connectivity index is 2.07. The largest absolute Gasteiger partial charge is 0.480 e. The van der Waals surface area contributed by atoms with Gasteiger partial charge in [0.15, 0.2) is 0 Å². The van der Waals surface area contributed by atoms with Gasteiger partial charge in [0, 0.05) is 20.0 Å². The van der Waals surface area contributed by atoms with Crippen LogP contribution >= 0.6 is 0 Å². The molecule has 0 bridgehead atoms. The van der Waals surface area contributed by atoms with Gasteiger partial charge in [0.05, 0.1) is 13.2 Å². The molecule has 2 N–H and O–H groups in total. The van der Waals surface area contributed by atoms with Crippen molar-refractivity contribution in [2.75, 3.05) is 7.11 Å². The van der Waals surface area contributed by atoms with E-state index in [4.69, 9.17) is 9.84 Å². The maximum atomic E-state index is 11.8. The van der Waals surface area contributed by atoms with Crippen molar-refractivity contribution in [3.05, 3.63) is 5.82 Å². The Bertz CT molecular complexity index is 479. The van der Waals surface area contributed by atoms with Crippen molar-refractivity contribution in [2.24, 2.45) is 7.05 Å². The van der Waals surface area contributed by atoms with Gasteiger partial charge in [0.25, 0.3) is 11.7 Å². The fourth-order valence-corrected chi connectivity index (χ4v) is 1.86. The first-order valence-electron chi connectivity index (χ1n) is 5.29. The van der Waals surface area contributed by atoms with Crippen LogP contribution in [0.3, 0.4) is 0 Å². The number of hydrogen-bond acceptors (Lipinski definition) is 6. The Morgan fingerprint density at radius 1 is 1.56 bits per heavy atom. The number of nitrogens with zero attached hydrogens (tertiary/aromatic N) is 4. The van der Waals surface area contributed by atoms with Gasteiger partial charge in [-0.2, -0.15) is 4.80 Å². The summed E-state index contributed by atoms with van der Waals surface area (Å²) in [4.78, 5) is 24.1. The minimum Gasteiger partial charge on any atom is -0.480 e. The van der Waals surface area contributed by atoms with Gasteiger partial charge < -0.3 is 15.2 Å². The normalized spacial score (nSPS) is 26.4. The molecular weight excluding hydrogens is 242 g/mol. The van der Waals surface area contributed by atoms with E-state index in [9.17, 15) is 9.59 Å². The van der Waals surface area contributed by atoms with Crippen LogP contribution in [0, 0.1) is 0 Å². The van der Waals surface area contributed by atoms with Crippen LogP contribution in [0.5, 0.6) is 0 Å². The highest BCUT2D eigenvalue weighted by Gasteiger charge is 2.52. The lowest BCUT2D eigenvalue weighted by molar-refractivity contribution is -0.155. The number of carbonyl (C=O) groups is 2. The van der Waals surface area contributed by atoms with Crippen LogP contribution < -0.4 is 5.32 Å². The molecule has 0 unspecified atom stereocenters. The number of carboxylic acid groups (broad SMARTS) is 1. The van der Waals surface area contributed by atoms with Crippen LogP contribution in [-0.4, -0.2) is 55.9 Å². The summed E-state index contributed by atoms with van der Waals surface area (Å²) in [5.41, 5.74) is -1.29. The number of methoxy groups -OCH3 is 1. The fourth-order valence-electron chi connectivity index (χ4n) is 1.86. The van der Waals surface area contributed by atoms with E-state index >= 15 is 0 Å². The molecule has 1 aromatic rings. The van der Waals surface area contributed by atoms with E-state index in [0.717, 1.165) is 4.80 Å². The van der Waals surface area contributed by atoms with Gasteiger partial charge in [-0.25, -0.2) is 4.79 Å². The molecule has 1 aliphatic rings. The van der Waals surface area contributed by atoms with Crippen molar-refractivity contribution in [2.45, 2.75) is 24.5 Å². The summed E-state index contributed by atoms with van der Waals surface area (Å²) >= 11 is 0. The number of nitrogens with one attached hydrogen (secondary N) is 1. The summed E-state index contributed by atoms with van der Waals surface area (Å²) in [5, 5.41) is 22.3. The molecule has 1 heterocycles. The van der Waals surface area contributed by atoms with Crippen LogP contribution in [0.2, 0.25) is 0 Å². The molecule has 9 heteroatoms. The zero-order chi connectivity index (χ0) is 13.3. The first-order chi connectivity index (χ1) is 8.47. The number of ether oxygens (including phenoxy) is 1. The number of aliphatic carboxylic acids is 1. The highest BCUT2D eigenvalue weighted by atomic mass is 16.5. The fraction of sp³-hybridized carbons (Fsp3) is 0.667. The lowest BCUT2D eigenvalue weighted by atomic mass is 9.74. The minimum atomic E-state index is -1.29. The molecule has 0 aromatic carbocycles. The van der Waals surface area contributed by atoms with Crippen molar-refractivity contribution in [1.29, 1.82) is 0 Å². The molecule has 1 aliphatic carbocycles. The lowest BCUT2D eigenvalue weighted by Gasteiger charge is -2.43. The number of carbonyl (C=O) groups excluding carboxylic acids is 1. The van der Waals surface area contributed by atoms with E-state index in [-0.39, 0.29) is 24.8 Å². The summed E-state index contributed by atoms with van der Waals surface area (Å²) < 4.78 is 5.02. The number of amides is 1. The average Bonchev–Trinajstić information content (AvgIpc) is 2.69. The monoisotopic (exact) mass is 255 g/mol. The molecule has 2 rings (SSSR count). The molecule has 1 fully saturated rings. The Morgan fingerprint density at radius 3 is 2.67 bits per heavy atom. The van der Waals surface area contributed by atoms with Gasteiger partial charge in [-0.1, -0.05) is 0 Å². The third kappa shape index (κ3) is 2.04. The summed E-state index contributed by atoms with van der Waals surface area (Å²) in [7, 11) is 3.02. The molecule has 9 nitrogen and oxygen atoms in total. The third-order valence-electron chi connectivity index (χ3n) is 2.96. The van der Waals surface area contributed by atoms with Gasteiger partial charge >= 0.3 is 5.97 Å². The molecule has 18 heavy (non-hydrogen) atoms. The van der Waals surface area contributed by atoms with Crippen LogP contribution in [0.15, 0.2) is 0 Å². The van der Waals surface area contributed by atoms with E-state index in [1.807, 2.05) is 0 Å². The predicted molar refractivity (Wildman–Crippen MR) is 56.7 cm³/mol. The molecule has 0 radical (unpaired) electrons. The van der Waals surface area contributed by atoms with Crippen molar-refractivity contribution in [3.63, 3.8) is 0 Å². The maximum absolute atomic E-state index is 11.8. The number of tetrazole rings is 1. The van der Waals surface area contributed by atoms with E-state index in [2.05, 4.69) is 20.7 Å². The van der Waals surface area contributed by atoms with Crippen LogP contribution in [0.25, 0.3) is 0 Å². The predicted octanol–water partition coefficient (Wildman–Crippen LogP) is -1.43. The lowest BCUT2D eigenvalue weighted by Crippen LogP contribution is -2.64. The molecule has 1 aromatic heterocycles. The van der Waals surface area contributed by atoms with Gasteiger partial charge in [0.1, 0.15) is 5.54 Å². The number of carboxylic acids is 1. The van der Waals surface area contributed by atoms with E-state index < -0.39 is 17.4 Å². The van der Waals surface area contributed by atoms with Crippen LogP contribution in [0.4, 0.5) is 0 Å². The maximum Gasteiger partial charge on any atom is 0.329 e. The summed E-state index contributed by atoms with van der Waals surface area (Å²) in [6.07, 6.45) is 0.298. The zero-order valence-electron chi connectivity index (χ0n) is 9.95. The quantitative estimate of drug-likeness (QED) is 0.677. The van der Waals surface area contributed by atoms with Crippen LogP contribution in [0.1, 0.15) is 23.5 Å². The van der Waals surface area contributed by atoms with Gasteiger partial charge in [-0.15, -0.1) is 10.2 Å². The van der Waals surface area contributed by atoms with Gasteiger partial charge in [-0.05, 0) is 5.21 Å². The van der Waals surface area contributed by atoms with E-state index in [0.29, 0.717) is 0 Å². The van der Waals surface area contributed by atoms with Crippen molar-refractivity contribution in [1.82, 2.24) is 25.5 Å². The number of hydrogen-bond donors (Lipinski definition) is 2. The Labute approximate surface area is 102 Å². The number of aromatic nitrogens is 4. The zero-order valence-corrected chi connectivity index (χ0v) is 9.95. The molecular formula is C9H13N5O4. The summed E-state index contributed by atoms with van der Waals surface area (Å²) in [6.45, 7) is 0. The van der Waals surface area contributed by atoms with Crippen molar-refractivity contribution >= 4 is 11.9 Å². The molecule has 0 spiro atoms. The molecule has 0 saturated heterocycles. The van der Waals surface area contributed by atoms with Crippen LogP contribution in [-0.2, 0) is 16.6 Å². The smallest absolute Gasteiger partial charge is 0.329 e. The molecule has 0 atom stereocenters. The third-order valence-corrected chi connectivity index (χ3v) is 2.96. The Morgan fingerprint density at radius 2 is 2.22 bits per heavy atom. The molecule has 0 aliphatic heterocycles. The SMILES string of the molecule is COC1CC(NC(=O)c2nnn(C)n2)(C(=O)O)C1. The summed E-state index contributed by atoms with van der Waals surface area (Å²) in [6, 6.07) is 0. The second-order valence-corrected chi connectivity index (χ2v) is 4.21. The number of aryl methyl sites for hydroxylation is 1. The number of rotatable bonds is 4. The van der Waals surface area contributed by atoms with Gasteiger partial charge in [0.2, 0.25) is 0 Å². The molecule has 98 valence electrons. The minimum absolute atomic E-state index is 0.154. The Kier molecular flexibility index (Phi) is 2.99. The average molecular weight is 255 g/mol. The second kappa shape index (κ2) is 4.33. The van der Waals surface area contributed by atoms with Gasteiger partial charge in [-0.3, -0.25) is 4.79 Å². The van der Waals surface area contributed by atoms with E-state index in [1.165, 1.54) is 14.2 Å². The molecule has 1 saturated carbocycles. The van der Waals surface area contributed by atoms with E-state index in [1.54, 1.807) is 0 Å². The summed E-state index contributed by atoms with van der Waals surface area (Å²) in [5.74, 6) is -1.90. The van der Waals surface area contributed by atoms with Crippen molar-refractivity contribution in [3.8, 4) is 0 Å². The standard InChI is InChI=1S/C9H13N5O4/c1-14-12-6(11-13-14)7(15)10-9(8(16)17)3-5(4-9)18-2/h5H,3-4H2,1-2H3,(H,10,15)(H,16,17). The molecule has 1 amide bonds. The highest BCUT2D eigenvalue weighted by molar-refractivity contribution is 5.95. The first-order valence-corrected chi connectivity index (χ1v) is 5.29. The topological polar surface area (TPSA) is 119 Å². The van der Waals surface area contributed by atoms with Crippen molar-refractivity contribution < 1.29 is 19.4 Å². The first kappa shape index (κ1) is 12.4.